The summed E-state index contributed by atoms with van der Waals surface area (Å²) in [6.45, 7) is 0.458. The highest BCUT2D eigenvalue weighted by Gasteiger charge is 2.13. The number of aromatic nitrogens is 2. The number of anilines is 3. The van der Waals surface area contributed by atoms with E-state index in [1.54, 1.807) is 12.1 Å². The van der Waals surface area contributed by atoms with Crippen molar-refractivity contribution in [2.75, 3.05) is 10.6 Å². The van der Waals surface area contributed by atoms with E-state index in [2.05, 4.69) is 20.6 Å². The molecule has 0 atom stereocenters. The SMILES string of the molecule is Fc1ccc(Nc2ccnc(NCc3ccc(Cl)cc3)n2)c(F)c1F. The first-order valence-corrected chi connectivity index (χ1v) is 7.62. The van der Waals surface area contributed by atoms with E-state index in [0.29, 0.717) is 17.5 Å². The molecular formula is C17H12ClF3N4. The van der Waals surface area contributed by atoms with Gasteiger partial charge in [-0.15, -0.1) is 0 Å². The second-order valence-electron chi connectivity index (χ2n) is 5.09. The molecule has 128 valence electrons. The van der Waals surface area contributed by atoms with Crippen LogP contribution in [-0.4, -0.2) is 9.97 Å². The molecule has 4 nitrogen and oxygen atoms in total. The van der Waals surface area contributed by atoms with Crippen molar-refractivity contribution in [1.29, 1.82) is 0 Å². The molecule has 0 aliphatic carbocycles. The Morgan fingerprint density at radius 1 is 0.920 bits per heavy atom. The molecule has 0 radical (unpaired) electrons. The average Bonchev–Trinajstić information content (AvgIpc) is 2.62. The number of rotatable bonds is 5. The van der Waals surface area contributed by atoms with E-state index in [0.717, 1.165) is 17.7 Å². The van der Waals surface area contributed by atoms with Crippen LogP contribution in [0.4, 0.5) is 30.6 Å². The third-order valence-electron chi connectivity index (χ3n) is 3.32. The maximum atomic E-state index is 13.7. The minimum Gasteiger partial charge on any atom is -0.350 e. The van der Waals surface area contributed by atoms with Crippen molar-refractivity contribution in [3.63, 3.8) is 0 Å². The fourth-order valence-electron chi connectivity index (χ4n) is 2.06. The fourth-order valence-corrected chi connectivity index (χ4v) is 2.18. The van der Waals surface area contributed by atoms with Gasteiger partial charge in [-0.05, 0) is 35.9 Å². The van der Waals surface area contributed by atoms with Crippen LogP contribution in [0.25, 0.3) is 0 Å². The van der Waals surface area contributed by atoms with Gasteiger partial charge in [0, 0.05) is 17.8 Å². The summed E-state index contributed by atoms with van der Waals surface area (Å²) in [4.78, 5) is 8.20. The first kappa shape index (κ1) is 17.0. The van der Waals surface area contributed by atoms with Gasteiger partial charge in [-0.2, -0.15) is 4.98 Å². The van der Waals surface area contributed by atoms with Gasteiger partial charge in [0.1, 0.15) is 5.82 Å². The number of hydrogen-bond donors (Lipinski definition) is 2. The van der Waals surface area contributed by atoms with Gasteiger partial charge < -0.3 is 10.6 Å². The molecule has 0 saturated carbocycles. The Bertz CT molecular complexity index is 888. The molecule has 0 bridgehead atoms. The van der Waals surface area contributed by atoms with E-state index in [9.17, 15) is 13.2 Å². The summed E-state index contributed by atoms with van der Waals surface area (Å²) in [7, 11) is 0. The first-order valence-electron chi connectivity index (χ1n) is 7.25. The lowest BCUT2D eigenvalue weighted by molar-refractivity contribution is 0.449. The van der Waals surface area contributed by atoms with Crippen molar-refractivity contribution in [3.8, 4) is 0 Å². The molecule has 25 heavy (non-hydrogen) atoms. The van der Waals surface area contributed by atoms with Crippen LogP contribution in [-0.2, 0) is 6.54 Å². The predicted octanol–water partition coefficient (Wildman–Crippen LogP) is 4.90. The van der Waals surface area contributed by atoms with Crippen molar-refractivity contribution < 1.29 is 13.2 Å². The lowest BCUT2D eigenvalue weighted by Gasteiger charge is -2.10. The van der Waals surface area contributed by atoms with Crippen LogP contribution >= 0.6 is 11.6 Å². The Morgan fingerprint density at radius 2 is 1.68 bits per heavy atom. The van der Waals surface area contributed by atoms with Crippen LogP contribution in [0.5, 0.6) is 0 Å². The van der Waals surface area contributed by atoms with Crippen LogP contribution < -0.4 is 10.6 Å². The molecule has 0 amide bonds. The normalized spacial score (nSPS) is 10.6. The maximum absolute atomic E-state index is 13.7. The van der Waals surface area contributed by atoms with Gasteiger partial charge in [0.15, 0.2) is 17.5 Å². The Balaban J connectivity index is 1.71. The summed E-state index contributed by atoms with van der Waals surface area (Å²) >= 11 is 5.83. The molecule has 0 aliphatic rings. The molecular weight excluding hydrogens is 353 g/mol. The minimum absolute atomic E-state index is 0.221. The van der Waals surface area contributed by atoms with Crippen LogP contribution in [0, 0.1) is 17.5 Å². The zero-order chi connectivity index (χ0) is 17.8. The van der Waals surface area contributed by atoms with Gasteiger partial charge in [-0.25, -0.2) is 18.2 Å². The summed E-state index contributed by atoms with van der Waals surface area (Å²) in [5.41, 5.74) is 0.749. The monoisotopic (exact) mass is 364 g/mol. The lowest BCUT2D eigenvalue weighted by atomic mass is 10.2. The number of hydrogen-bond acceptors (Lipinski definition) is 4. The van der Waals surface area contributed by atoms with E-state index in [1.165, 1.54) is 12.3 Å². The van der Waals surface area contributed by atoms with E-state index in [4.69, 9.17) is 11.6 Å². The number of nitrogens with one attached hydrogen (secondary N) is 2. The Morgan fingerprint density at radius 3 is 2.44 bits per heavy atom. The van der Waals surface area contributed by atoms with Gasteiger partial charge in [0.05, 0.1) is 5.69 Å². The summed E-state index contributed by atoms with van der Waals surface area (Å²) in [6.07, 6.45) is 1.46. The molecule has 2 N–H and O–H groups in total. The van der Waals surface area contributed by atoms with Crippen molar-refractivity contribution >= 4 is 29.1 Å². The molecule has 0 saturated heterocycles. The highest BCUT2D eigenvalue weighted by atomic mass is 35.5. The molecule has 0 spiro atoms. The summed E-state index contributed by atoms with van der Waals surface area (Å²) in [5.74, 6) is -3.58. The number of halogens is 4. The molecule has 0 fully saturated rings. The second kappa shape index (κ2) is 7.40. The van der Waals surface area contributed by atoms with Gasteiger partial charge in [0.25, 0.3) is 0 Å². The van der Waals surface area contributed by atoms with E-state index < -0.39 is 17.5 Å². The molecule has 1 aromatic heterocycles. The maximum Gasteiger partial charge on any atom is 0.224 e. The summed E-state index contributed by atoms with van der Waals surface area (Å²) in [6, 6.07) is 10.7. The van der Waals surface area contributed by atoms with E-state index in [1.807, 2.05) is 12.1 Å². The van der Waals surface area contributed by atoms with Crippen molar-refractivity contribution in [2.45, 2.75) is 6.54 Å². The van der Waals surface area contributed by atoms with Crippen LogP contribution in [0.3, 0.4) is 0 Å². The zero-order valence-corrected chi connectivity index (χ0v) is 13.5. The van der Waals surface area contributed by atoms with Crippen molar-refractivity contribution in [1.82, 2.24) is 9.97 Å². The molecule has 8 heteroatoms. The van der Waals surface area contributed by atoms with Gasteiger partial charge in [0.2, 0.25) is 5.95 Å². The molecule has 0 aliphatic heterocycles. The summed E-state index contributed by atoms with van der Waals surface area (Å²) in [5, 5.41) is 6.24. The topological polar surface area (TPSA) is 49.8 Å². The Kier molecular flexibility index (Phi) is 5.04. The molecule has 1 heterocycles. The van der Waals surface area contributed by atoms with Crippen LogP contribution in [0.15, 0.2) is 48.7 Å². The van der Waals surface area contributed by atoms with Gasteiger partial charge in [-0.3, -0.25) is 0 Å². The summed E-state index contributed by atoms with van der Waals surface area (Å²) < 4.78 is 39.9. The smallest absolute Gasteiger partial charge is 0.224 e. The zero-order valence-electron chi connectivity index (χ0n) is 12.7. The van der Waals surface area contributed by atoms with Crippen LogP contribution in [0.1, 0.15) is 5.56 Å². The highest BCUT2D eigenvalue weighted by molar-refractivity contribution is 6.30. The van der Waals surface area contributed by atoms with Crippen LogP contribution in [0.2, 0.25) is 5.02 Å². The quantitative estimate of drug-likeness (QED) is 0.632. The van der Waals surface area contributed by atoms with Gasteiger partial charge >= 0.3 is 0 Å². The second-order valence-corrected chi connectivity index (χ2v) is 5.53. The predicted molar refractivity (Wildman–Crippen MR) is 90.4 cm³/mol. The number of nitrogens with zero attached hydrogens (tertiary/aromatic N) is 2. The lowest BCUT2D eigenvalue weighted by Crippen LogP contribution is -2.06. The van der Waals surface area contributed by atoms with Gasteiger partial charge in [-0.1, -0.05) is 23.7 Å². The van der Waals surface area contributed by atoms with E-state index in [-0.39, 0.29) is 11.5 Å². The molecule has 0 unspecified atom stereocenters. The fraction of sp³-hybridized carbons (Fsp3) is 0.0588. The van der Waals surface area contributed by atoms with Crippen molar-refractivity contribution in [2.24, 2.45) is 0 Å². The molecule has 2 aromatic carbocycles. The average molecular weight is 365 g/mol. The standard InChI is InChI=1S/C17H12ClF3N4/c18-11-3-1-10(2-4-11)9-23-17-22-8-7-14(25-17)24-13-6-5-12(19)15(20)16(13)21/h1-8H,9H2,(H2,22,23,24,25). The number of benzene rings is 2. The third kappa shape index (κ3) is 4.19. The largest absolute Gasteiger partial charge is 0.350 e. The third-order valence-corrected chi connectivity index (χ3v) is 3.57. The van der Waals surface area contributed by atoms with Crippen molar-refractivity contribution in [3.05, 3.63) is 76.7 Å². The van der Waals surface area contributed by atoms with E-state index >= 15 is 0 Å². The molecule has 3 aromatic rings. The highest BCUT2D eigenvalue weighted by Crippen LogP contribution is 2.23. The minimum atomic E-state index is -1.54. The Labute approximate surface area is 146 Å². The molecule has 3 rings (SSSR count). The first-order chi connectivity index (χ1) is 12.0. The Hall–Kier alpha value is -2.80.